The van der Waals surface area contributed by atoms with Gasteiger partial charge in [-0.15, -0.1) is 0 Å². The second-order valence-electron chi connectivity index (χ2n) is 4.58. The van der Waals surface area contributed by atoms with E-state index in [1.54, 1.807) is 12.0 Å². The smallest absolute Gasteiger partial charge is 0.326 e. The number of urea groups is 1. The minimum Gasteiger partial charge on any atom is -0.480 e. The summed E-state index contributed by atoms with van der Waals surface area (Å²) in [6, 6.07) is -0.900. The molecule has 2 heterocycles. The lowest BCUT2D eigenvalue weighted by Gasteiger charge is -2.27. The Labute approximate surface area is 100 Å². The van der Waals surface area contributed by atoms with Crippen LogP contribution >= 0.6 is 0 Å². The summed E-state index contributed by atoms with van der Waals surface area (Å²) in [5.41, 5.74) is 0. The maximum absolute atomic E-state index is 12.2. The number of carboxylic acids is 1. The Morgan fingerprint density at radius 1 is 1.29 bits per heavy atom. The van der Waals surface area contributed by atoms with E-state index in [1.165, 1.54) is 4.90 Å². The number of hydrogen-bond donors (Lipinski definition) is 1. The van der Waals surface area contributed by atoms with Gasteiger partial charge in [0.05, 0.1) is 6.10 Å². The Bertz CT molecular complexity index is 315. The van der Waals surface area contributed by atoms with Gasteiger partial charge in [0.2, 0.25) is 0 Å². The molecule has 2 fully saturated rings. The van der Waals surface area contributed by atoms with Crippen molar-refractivity contribution in [1.82, 2.24) is 9.80 Å². The molecule has 2 rings (SSSR count). The van der Waals surface area contributed by atoms with Crippen LogP contribution in [0, 0.1) is 0 Å². The van der Waals surface area contributed by atoms with Crippen molar-refractivity contribution in [3.63, 3.8) is 0 Å². The molecule has 96 valence electrons. The van der Waals surface area contributed by atoms with Gasteiger partial charge in [-0.1, -0.05) is 0 Å². The molecule has 6 nitrogen and oxygen atoms in total. The van der Waals surface area contributed by atoms with E-state index >= 15 is 0 Å². The fraction of sp³-hybridized carbons (Fsp3) is 0.818. The predicted molar refractivity (Wildman–Crippen MR) is 59.7 cm³/mol. The van der Waals surface area contributed by atoms with Gasteiger partial charge in [0.25, 0.3) is 0 Å². The van der Waals surface area contributed by atoms with Gasteiger partial charge in [0, 0.05) is 33.2 Å². The quantitative estimate of drug-likeness (QED) is 0.759. The highest BCUT2D eigenvalue weighted by molar-refractivity contribution is 5.83. The molecule has 17 heavy (non-hydrogen) atoms. The second kappa shape index (κ2) is 4.91. The number of hydrogen-bond acceptors (Lipinski definition) is 3. The van der Waals surface area contributed by atoms with Gasteiger partial charge >= 0.3 is 12.0 Å². The van der Waals surface area contributed by atoms with E-state index in [-0.39, 0.29) is 12.1 Å². The fourth-order valence-corrected chi connectivity index (χ4v) is 2.50. The van der Waals surface area contributed by atoms with Crippen LogP contribution in [0.3, 0.4) is 0 Å². The molecule has 0 aliphatic carbocycles. The normalized spacial score (nSPS) is 28.8. The molecule has 1 N–H and O–H groups in total. The Hall–Kier alpha value is -1.30. The standard InChI is InChI=1S/C11H18N2O4/c1-17-8-6-9(10(14)15)13(7-8)11(16)12-4-2-3-5-12/h8-9H,2-7H2,1H3,(H,14,15). The largest absolute Gasteiger partial charge is 0.480 e. The molecule has 2 aliphatic heterocycles. The van der Waals surface area contributed by atoms with Gasteiger partial charge in [0.1, 0.15) is 6.04 Å². The average Bonchev–Trinajstić information content (AvgIpc) is 2.97. The van der Waals surface area contributed by atoms with Crippen molar-refractivity contribution in [3.8, 4) is 0 Å². The molecule has 2 aliphatic rings. The van der Waals surface area contributed by atoms with Crippen LogP contribution < -0.4 is 0 Å². The summed E-state index contributed by atoms with van der Waals surface area (Å²) in [6.45, 7) is 1.85. The topological polar surface area (TPSA) is 70.1 Å². The van der Waals surface area contributed by atoms with Crippen molar-refractivity contribution in [2.24, 2.45) is 0 Å². The third kappa shape index (κ3) is 2.36. The SMILES string of the molecule is COC1CC(C(=O)O)N(C(=O)N2CCCC2)C1. The predicted octanol–water partition coefficient (Wildman–Crippen LogP) is 0.376. The van der Waals surface area contributed by atoms with Crippen molar-refractivity contribution >= 4 is 12.0 Å². The first kappa shape index (κ1) is 12.2. The molecule has 0 aromatic carbocycles. The van der Waals surface area contributed by atoms with Crippen LogP contribution in [0.15, 0.2) is 0 Å². The van der Waals surface area contributed by atoms with E-state index in [4.69, 9.17) is 9.84 Å². The van der Waals surface area contributed by atoms with Crippen LogP contribution in [0.2, 0.25) is 0 Å². The molecule has 0 aromatic heterocycles. The minimum atomic E-state index is -0.947. The lowest BCUT2D eigenvalue weighted by molar-refractivity contribution is -0.141. The van der Waals surface area contributed by atoms with Gasteiger partial charge in [0.15, 0.2) is 0 Å². The van der Waals surface area contributed by atoms with Crippen molar-refractivity contribution in [1.29, 1.82) is 0 Å². The summed E-state index contributed by atoms with van der Waals surface area (Å²) in [4.78, 5) is 26.4. The first-order valence-electron chi connectivity index (χ1n) is 5.94. The van der Waals surface area contributed by atoms with Crippen LogP contribution in [-0.2, 0) is 9.53 Å². The number of amides is 2. The van der Waals surface area contributed by atoms with E-state index in [2.05, 4.69) is 0 Å². The van der Waals surface area contributed by atoms with Gasteiger partial charge in [-0.25, -0.2) is 9.59 Å². The number of nitrogens with zero attached hydrogens (tertiary/aromatic N) is 2. The van der Waals surface area contributed by atoms with Gasteiger partial charge in [-0.3, -0.25) is 0 Å². The molecule has 2 unspecified atom stereocenters. The Morgan fingerprint density at radius 2 is 1.94 bits per heavy atom. The molecule has 0 aromatic rings. The first-order valence-corrected chi connectivity index (χ1v) is 5.94. The average molecular weight is 242 g/mol. The molecule has 2 amide bonds. The summed E-state index contributed by atoms with van der Waals surface area (Å²) < 4.78 is 5.16. The van der Waals surface area contributed by atoms with Crippen LogP contribution in [0.1, 0.15) is 19.3 Å². The zero-order valence-corrected chi connectivity index (χ0v) is 9.96. The van der Waals surface area contributed by atoms with Gasteiger partial charge in [-0.05, 0) is 12.8 Å². The minimum absolute atomic E-state index is 0.158. The van der Waals surface area contributed by atoms with E-state index in [0.29, 0.717) is 13.0 Å². The Morgan fingerprint density at radius 3 is 2.47 bits per heavy atom. The second-order valence-corrected chi connectivity index (χ2v) is 4.58. The van der Waals surface area contributed by atoms with Gasteiger partial charge < -0.3 is 19.6 Å². The van der Waals surface area contributed by atoms with Crippen LogP contribution in [0.5, 0.6) is 0 Å². The third-order valence-corrected chi connectivity index (χ3v) is 3.50. The zero-order valence-electron chi connectivity index (χ0n) is 9.96. The number of methoxy groups -OCH3 is 1. The summed E-state index contributed by atoms with van der Waals surface area (Å²) >= 11 is 0. The van der Waals surface area contributed by atoms with Crippen LogP contribution in [0.4, 0.5) is 4.79 Å². The summed E-state index contributed by atoms with van der Waals surface area (Å²) in [5.74, 6) is -0.947. The Balaban J connectivity index is 2.06. The van der Waals surface area contributed by atoms with E-state index in [9.17, 15) is 9.59 Å². The van der Waals surface area contributed by atoms with Crippen LogP contribution in [-0.4, -0.2) is 65.8 Å². The number of likely N-dealkylation sites (tertiary alicyclic amines) is 2. The van der Waals surface area contributed by atoms with E-state index in [0.717, 1.165) is 25.9 Å². The number of carbonyl (C=O) groups is 2. The number of ether oxygens (including phenoxy) is 1. The van der Waals surface area contributed by atoms with Crippen molar-refractivity contribution in [2.45, 2.75) is 31.4 Å². The lowest BCUT2D eigenvalue weighted by atomic mass is 10.2. The Kier molecular flexibility index (Phi) is 3.51. The maximum Gasteiger partial charge on any atom is 0.326 e. The molecule has 6 heteroatoms. The number of rotatable bonds is 2. The summed E-state index contributed by atoms with van der Waals surface area (Å²) in [5, 5.41) is 9.12. The monoisotopic (exact) mass is 242 g/mol. The fourth-order valence-electron chi connectivity index (χ4n) is 2.50. The summed E-state index contributed by atoms with van der Waals surface area (Å²) in [6.07, 6.45) is 2.23. The molecular formula is C11H18N2O4. The van der Waals surface area contributed by atoms with Crippen molar-refractivity contribution in [3.05, 3.63) is 0 Å². The van der Waals surface area contributed by atoms with Crippen LogP contribution in [0.25, 0.3) is 0 Å². The van der Waals surface area contributed by atoms with Crippen molar-refractivity contribution < 1.29 is 19.4 Å². The highest BCUT2D eigenvalue weighted by Gasteiger charge is 2.41. The summed E-state index contributed by atoms with van der Waals surface area (Å²) in [7, 11) is 1.55. The molecule has 2 saturated heterocycles. The highest BCUT2D eigenvalue weighted by atomic mass is 16.5. The first-order chi connectivity index (χ1) is 8.13. The van der Waals surface area contributed by atoms with E-state index < -0.39 is 12.0 Å². The molecule has 0 bridgehead atoms. The maximum atomic E-state index is 12.2. The number of aliphatic carboxylic acids is 1. The number of carbonyl (C=O) groups excluding carboxylic acids is 1. The third-order valence-electron chi connectivity index (χ3n) is 3.50. The molecule has 0 radical (unpaired) electrons. The van der Waals surface area contributed by atoms with Crippen molar-refractivity contribution in [2.75, 3.05) is 26.7 Å². The number of carboxylic acid groups (broad SMARTS) is 1. The molecule has 0 spiro atoms. The molecular weight excluding hydrogens is 224 g/mol. The molecule has 2 atom stereocenters. The van der Waals surface area contributed by atoms with E-state index in [1.807, 2.05) is 0 Å². The lowest BCUT2D eigenvalue weighted by Crippen LogP contribution is -2.47. The molecule has 0 saturated carbocycles. The highest BCUT2D eigenvalue weighted by Crippen LogP contribution is 2.23. The zero-order chi connectivity index (χ0) is 12.4. The van der Waals surface area contributed by atoms with Gasteiger partial charge in [-0.2, -0.15) is 0 Å².